The Morgan fingerprint density at radius 1 is 1.44 bits per heavy atom. The highest BCUT2D eigenvalue weighted by Crippen LogP contribution is 2.31. The van der Waals surface area contributed by atoms with Gasteiger partial charge >= 0.3 is 5.97 Å². The number of pyridine rings is 1. The van der Waals surface area contributed by atoms with Gasteiger partial charge in [0.25, 0.3) is 0 Å². The fourth-order valence-electron chi connectivity index (χ4n) is 2.49. The SMILES string of the molecule is CN(c1nccc(C(=O)O)c1Cl)C1CCCCC1. The highest BCUT2D eigenvalue weighted by atomic mass is 35.5. The van der Waals surface area contributed by atoms with Gasteiger partial charge in [-0.05, 0) is 18.9 Å². The second-order valence-corrected chi connectivity index (χ2v) is 5.08. The molecule has 5 heteroatoms. The van der Waals surface area contributed by atoms with Crippen molar-refractivity contribution < 1.29 is 9.90 Å². The topological polar surface area (TPSA) is 53.4 Å². The van der Waals surface area contributed by atoms with E-state index in [4.69, 9.17) is 16.7 Å². The second-order valence-electron chi connectivity index (χ2n) is 4.70. The Balaban J connectivity index is 2.26. The Labute approximate surface area is 112 Å². The van der Waals surface area contributed by atoms with E-state index in [0.29, 0.717) is 11.9 Å². The first kappa shape index (κ1) is 13.1. The van der Waals surface area contributed by atoms with E-state index in [1.165, 1.54) is 31.5 Å². The lowest BCUT2D eigenvalue weighted by molar-refractivity contribution is 0.0697. The van der Waals surface area contributed by atoms with Crippen LogP contribution >= 0.6 is 11.6 Å². The fourth-order valence-corrected chi connectivity index (χ4v) is 2.81. The van der Waals surface area contributed by atoms with Crippen molar-refractivity contribution in [3.63, 3.8) is 0 Å². The maximum atomic E-state index is 11.0. The molecule has 0 saturated heterocycles. The summed E-state index contributed by atoms with van der Waals surface area (Å²) in [5.41, 5.74) is 0.115. The third-order valence-corrected chi connectivity index (χ3v) is 3.93. The first-order chi connectivity index (χ1) is 8.61. The van der Waals surface area contributed by atoms with E-state index in [1.807, 2.05) is 11.9 Å². The molecular formula is C13H17ClN2O2. The number of aromatic carboxylic acids is 1. The Morgan fingerprint density at radius 2 is 2.11 bits per heavy atom. The number of carboxylic acid groups (broad SMARTS) is 1. The molecule has 1 aromatic heterocycles. The Bertz CT molecular complexity index is 445. The summed E-state index contributed by atoms with van der Waals surface area (Å²) in [6, 6.07) is 1.84. The van der Waals surface area contributed by atoms with Gasteiger partial charge in [0.2, 0.25) is 0 Å². The summed E-state index contributed by atoms with van der Waals surface area (Å²) >= 11 is 6.13. The van der Waals surface area contributed by atoms with Crippen molar-refractivity contribution in [2.24, 2.45) is 0 Å². The van der Waals surface area contributed by atoms with Crippen molar-refractivity contribution in [1.82, 2.24) is 4.98 Å². The molecular weight excluding hydrogens is 252 g/mol. The summed E-state index contributed by atoms with van der Waals surface area (Å²) in [5.74, 6) is -0.441. The lowest BCUT2D eigenvalue weighted by Crippen LogP contribution is -2.34. The highest BCUT2D eigenvalue weighted by molar-refractivity contribution is 6.35. The van der Waals surface area contributed by atoms with Crippen LogP contribution in [0, 0.1) is 0 Å². The third kappa shape index (κ3) is 2.58. The van der Waals surface area contributed by atoms with Gasteiger partial charge in [-0.3, -0.25) is 0 Å². The van der Waals surface area contributed by atoms with Crippen molar-refractivity contribution in [3.8, 4) is 0 Å². The van der Waals surface area contributed by atoms with Crippen LogP contribution < -0.4 is 4.90 Å². The number of anilines is 1. The molecule has 0 amide bonds. The van der Waals surface area contributed by atoms with Crippen LogP contribution in [0.25, 0.3) is 0 Å². The Morgan fingerprint density at radius 3 is 2.72 bits per heavy atom. The molecule has 1 aromatic rings. The lowest BCUT2D eigenvalue weighted by atomic mass is 9.94. The Hall–Kier alpha value is -1.29. The summed E-state index contributed by atoms with van der Waals surface area (Å²) in [5, 5.41) is 9.29. The van der Waals surface area contributed by atoms with E-state index in [0.717, 1.165) is 12.8 Å². The molecule has 1 aliphatic carbocycles. The van der Waals surface area contributed by atoms with Gasteiger partial charge in [0, 0.05) is 19.3 Å². The standard InChI is InChI=1S/C13H17ClN2O2/c1-16(9-5-3-2-4-6-9)12-11(14)10(13(17)18)7-8-15-12/h7-9H,2-6H2,1H3,(H,17,18). The number of nitrogens with zero attached hydrogens (tertiary/aromatic N) is 2. The molecule has 18 heavy (non-hydrogen) atoms. The highest BCUT2D eigenvalue weighted by Gasteiger charge is 2.23. The largest absolute Gasteiger partial charge is 0.478 e. The minimum Gasteiger partial charge on any atom is -0.478 e. The summed E-state index contributed by atoms with van der Waals surface area (Å²) < 4.78 is 0. The number of aromatic nitrogens is 1. The molecule has 98 valence electrons. The summed E-state index contributed by atoms with van der Waals surface area (Å²) in [6.45, 7) is 0. The monoisotopic (exact) mass is 268 g/mol. The minimum absolute atomic E-state index is 0.115. The molecule has 1 fully saturated rings. The molecule has 0 aromatic carbocycles. The second kappa shape index (κ2) is 5.57. The number of hydrogen-bond donors (Lipinski definition) is 1. The third-order valence-electron chi connectivity index (χ3n) is 3.56. The lowest BCUT2D eigenvalue weighted by Gasteiger charge is -2.32. The van der Waals surface area contributed by atoms with Gasteiger partial charge in [-0.15, -0.1) is 0 Å². The van der Waals surface area contributed by atoms with E-state index in [9.17, 15) is 4.79 Å². The van der Waals surface area contributed by atoms with Crippen molar-refractivity contribution in [3.05, 3.63) is 22.8 Å². The van der Waals surface area contributed by atoms with Crippen LogP contribution in [0.1, 0.15) is 42.5 Å². The quantitative estimate of drug-likeness (QED) is 0.915. The molecule has 1 N–H and O–H groups in total. The number of carbonyl (C=O) groups is 1. The molecule has 1 heterocycles. The first-order valence-corrected chi connectivity index (χ1v) is 6.59. The van der Waals surface area contributed by atoms with Crippen LogP contribution in [0.2, 0.25) is 5.02 Å². The number of halogens is 1. The van der Waals surface area contributed by atoms with Crippen LogP contribution in [0.15, 0.2) is 12.3 Å². The predicted molar refractivity (Wildman–Crippen MR) is 71.5 cm³/mol. The van der Waals surface area contributed by atoms with E-state index in [1.54, 1.807) is 0 Å². The number of carboxylic acids is 1. The van der Waals surface area contributed by atoms with E-state index < -0.39 is 5.97 Å². The van der Waals surface area contributed by atoms with E-state index >= 15 is 0 Å². The number of hydrogen-bond acceptors (Lipinski definition) is 3. The molecule has 0 bridgehead atoms. The molecule has 0 unspecified atom stereocenters. The molecule has 4 nitrogen and oxygen atoms in total. The van der Waals surface area contributed by atoms with Gasteiger partial charge in [0.05, 0.1) is 10.6 Å². The average molecular weight is 269 g/mol. The molecule has 0 atom stereocenters. The molecule has 1 aliphatic rings. The van der Waals surface area contributed by atoms with Crippen molar-refractivity contribution in [2.75, 3.05) is 11.9 Å². The fraction of sp³-hybridized carbons (Fsp3) is 0.538. The molecule has 1 saturated carbocycles. The van der Waals surface area contributed by atoms with Crippen LogP contribution in [0.4, 0.5) is 5.82 Å². The maximum absolute atomic E-state index is 11.0. The van der Waals surface area contributed by atoms with Gasteiger partial charge in [0.1, 0.15) is 5.82 Å². The van der Waals surface area contributed by atoms with Gasteiger partial charge in [-0.25, -0.2) is 9.78 Å². The van der Waals surface area contributed by atoms with Crippen LogP contribution in [-0.2, 0) is 0 Å². The van der Waals surface area contributed by atoms with E-state index in [-0.39, 0.29) is 10.6 Å². The maximum Gasteiger partial charge on any atom is 0.337 e. The smallest absolute Gasteiger partial charge is 0.337 e. The van der Waals surface area contributed by atoms with Gasteiger partial charge in [-0.1, -0.05) is 30.9 Å². The summed E-state index contributed by atoms with van der Waals surface area (Å²) in [7, 11) is 1.94. The van der Waals surface area contributed by atoms with Crippen LogP contribution in [0.5, 0.6) is 0 Å². The molecule has 0 radical (unpaired) electrons. The summed E-state index contributed by atoms with van der Waals surface area (Å²) in [6.07, 6.45) is 7.44. The van der Waals surface area contributed by atoms with Crippen LogP contribution in [-0.4, -0.2) is 29.1 Å². The predicted octanol–water partition coefficient (Wildman–Crippen LogP) is 3.20. The van der Waals surface area contributed by atoms with Gasteiger partial charge in [0.15, 0.2) is 0 Å². The first-order valence-electron chi connectivity index (χ1n) is 6.22. The van der Waals surface area contributed by atoms with Crippen LogP contribution in [0.3, 0.4) is 0 Å². The minimum atomic E-state index is -1.01. The molecule has 2 rings (SSSR count). The van der Waals surface area contributed by atoms with Crippen molar-refractivity contribution >= 4 is 23.4 Å². The zero-order valence-electron chi connectivity index (χ0n) is 10.4. The molecule has 0 spiro atoms. The molecule has 0 aliphatic heterocycles. The van der Waals surface area contributed by atoms with Gasteiger partial charge < -0.3 is 10.0 Å². The zero-order valence-corrected chi connectivity index (χ0v) is 11.2. The zero-order chi connectivity index (χ0) is 13.1. The van der Waals surface area contributed by atoms with E-state index in [2.05, 4.69) is 4.98 Å². The average Bonchev–Trinajstić information content (AvgIpc) is 2.39. The number of rotatable bonds is 3. The Kier molecular flexibility index (Phi) is 4.07. The van der Waals surface area contributed by atoms with Crippen molar-refractivity contribution in [2.45, 2.75) is 38.1 Å². The summed E-state index contributed by atoms with van der Waals surface area (Å²) in [4.78, 5) is 17.3. The van der Waals surface area contributed by atoms with Gasteiger partial charge in [-0.2, -0.15) is 0 Å². The normalized spacial score (nSPS) is 16.6. The van der Waals surface area contributed by atoms with Crippen molar-refractivity contribution in [1.29, 1.82) is 0 Å².